The molecule has 1 N–H and O–H groups in total. The van der Waals surface area contributed by atoms with Crippen LogP contribution in [0.3, 0.4) is 0 Å². The molecule has 1 aliphatic rings. The lowest BCUT2D eigenvalue weighted by Crippen LogP contribution is -2.46. The molecule has 0 unspecified atom stereocenters. The summed E-state index contributed by atoms with van der Waals surface area (Å²) in [5, 5.41) is 10.6. The highest BCUT2D eigenvalue weighted by Gasteiger charge is 2.20. The third kappa shape index (κ3) is 12.2. The van der Waals surface area contributed by atoms with Crippen LogP contribution in [-0.2, 0) is 6.54 Å². The molecule has 0 radical (unpaired) electrons. The molecule has 1 heterocycles. The van der Waals surface area contributed by atoms with E-state index < -0.39 is 0 Å². The molecule has 0 saturated carbocycles. The van der Waals surface area contributed by atoms with Gasteiger partial charge in [0, 0.05) is 38.3 Å². The first kappa shape index (κ1) is 30.8. The summed E-state index contributed by atoms with van der Waals surface area (Å²) in [5.41, 5.74) is 0.902. The van der Waals surface area contributed by atoms with Gasteiger partial charge in [-0.05, 0) is 19.0 Å². The monoisotopic (exact) mass is 504 g/mol. The van der Waals surface area contributed by atoms with E-state index in [1.165, 1.54) is 109 Å². The molecule has 5 heteroatoms. The van der Waals surface area contributed by atoms with Crippen molar-refractivity contribution in [2.75, 3.05) is 46.9 Å². The van der Waals surface area contributed by atoms with Gasteiger partial charge in [0.05, 0.1) is 14.2 Å². The van der Waals surface area contributed by atoms with Crippen LogP contribution in [0.1, 0.15) is 115 Å². The van der Waals surface area contributed by atoms with Crippen LogP contribution < -0.4 is 9.47 Å². The maximum atomic E-state index is 10.6. The molecular formula is C31H56N2O3. The van der Waals surface area contributed by atoms with Crippen molar-refractivity contribution in [1.29, 1.82) is 0 Å². The topological polar surface area (TPSA) is 45.2 Å². The first-order chi connectivity index (χ1) is 17.7. The number of nitrogens with zero attached hydrogens (tertiary/aromatic N) is 2. The minimum atomic E-state index is 0.201. The Kier molecular flexibility index (Phi) is 16.8. The van der Waals surface area contributed by atoms with Gasteiger partial charge < -0.3 is 19.5 Å². The Labute approximate surface area is 222 Å². The number of unbranched alkanes of at least 4 members (excludes halogenated alkanes) is 15. The summed E-state index contributed by atoms with van der Waals surface area (Å²) in [6.07, 6.45) is 22.8. The predicted molar refractivity (Wildman–Crippen MR) is 152 cm³/mol. The van der Waals surface area contributed by atoms with Gasteiger partial charge in [-0.15, -0.1) is 0 Å². The summed E-state index contributed by atoms with van der Waals surface area (Å²) < 4.78 is 10.6. The summed E-state index contributed by atoms with van der Waals surface area (Å²) in [6.45, 7) is 8.60. The number of hydrogen-bond acceptors (Lipinski definition) is 5. The van der Waals surface area contributed by atoms with Gasteiger partial charge in [-0.3, -0.25) is 4.90 Å². The van der Waals surface area contributed by atoms with Crippen LogP contribution in [0.2, 0.25) is 0 Å². The van der Waals surface area contributed by atoms with E-state index in [-0.39, 0.29) is 5.75 Å². The molecule has 1 aromatic rings. The maximum absolute atomic E-state index is 10.6. The minimum absolute atomic E-state index is 0.201. The fourth-order valence-electron chi connectivity index (χ4n) is 5.37. The second kappa shape index (κ2) is 19.6. The zero-order valence-corrected chi connectivity index (χ0v) is 23.9. The Morgan fingerprint density at radius 2 is 1.11 bits per heavy atom. The first-order valence-electron chi connectivity index (χ1n) is 15.1. The third-order valence-corrected chi connectivity index (χ3v) is 7.79. The molecule has 1 saturated heterocycles. The van der Waals surface area contributed by atoms with Gasteiger partial charge in [-0.25, -0.2) is 0 Å². The van der Waals surface area contributed by atoms with Crippen molar-refractivity contribution >= 4 is 0 Å². The molecule has 1 fully saturated rings. The fourth-order valence-corrected chi connectivity index (χ4v) is 5.37. The van der Waals surface area contributed by atoms with Gasteiger partial charge >= 0.3 is 0 Å². The van der Waals surface area contributed by atoms with Crippen molar-refractivity contribution in [3.05, 3.63) is 17.7 Å². The summed E-state index contributed by atoms with van der Waals surface area (Å²) in [7, 11) is 3.16. The Balaban J connectivity index is 1.42. The zero-order chi connectivity index (χ0) is 25.8. The molecule has 2 rings (SSSR count). The van der Waals surface area contributed by atoms with Crippen molar-refractivity contribution in [2.45, 2.75) is 116 Å². The molecule has 0 spiro atoms. The van der Waals surface area contributed by atoms with Crippen LogP contribution in [0.4, 0.5) is 0 Å². The molecule has 1 aliphatic heterocycles. The number of phenolic OH excluding ortho intramolecular Hbond substituents is 1. The number of phenols is 1. The Morgan fingerprint density at radius 1 is 0.639 bits per heavy atom. The number of aromatic hydroxyl groups is 1. The molecule has 5 nitrogen and oxygen atoms in total. The van der Waals surface area contributed by atoms with E-state index in [2.05, 4.69) is 16.7 Å². The largest absolute Gasteiger partial charge is 0.504 e. The molecule has 0 aromatic heterocycles. The average molecular weight is 505 g/mol. The van der Waals surface area contributed by atoms with Crippen LogP contribution in [0.5, 0.6) is 17.2 Å². The molecule has 0 amide bonds. The summed E-state index contributed by atoms with van der Waals surface area (Å²) >= 11 is 0. The molecule has 0 bridgehead atoms. The van der Waals surface area contributed by atoms with Gasteiger partial charge in [0.2, 0.25) is 5.75 Å². The van der Waals surface area contributed by atoms with E-state index in [0.29, 0.717) is 11.5 Å². The highest BCUT2D eigenvalue weighted by atomic mass is 16.5. The smallest absolute Gasteiger partial charge is 0.203 e. The van der Waals surface area contributed by atoms with Crippen LogP contribution >= 0.6 is 0 Å². The average Bonchev–Trinajstić information content (AvgIpc) is 2.90. The maximum Gasteiger partial charge on any atom is 0.203 e. The van der Waals surface area contributed by atoms with Gasteiger partial charge in [0.25, 0.3) is 0 Å². The lowest BCUT2D eigenvalue weighted by molar-refractivity contribution is 0.124. The van der Waals surface area contributed by atoms with Gasteiger partial charge in [-0.1, -0.05) is 109 Å². The van der Waals surface area contributed by atoms with E-state index in [0.717, 1.165) is 38.3 Å². The van der Waals surface area contributed by atoms with E-state index in [4.69, 9.17) is 9.47 Å². The van der Waals surface area contributed by atoms with E-state index in [9.17, 15) is 5.11 Å². The van der Waals surface area contributed by atoms with Crippen molar-refractivity contribution in [3.8, 4) is 17.2 Å². The van der Waals surface area contributed by atoms with Crippen molar-refractivity contribution in [3.63, 3.8) is 0 Å². The fraction of sp³-hybridized carbons (Fsp3) is 0.806. The Morgan fingerprint density at radius 3 is 1.58 bits per heavy atom. The molecule has 0 aliphatic carbocycles. The predicted octanol–water partition coefficient (Wildman–Crippen LogP) is 7.79. The quantitative estimate of drug-likeness (QED) is 0.173. The normalized spacial score (nSPS) is 14.9. The van der Waals surface area contributed by atoms with E-state index >= 15 is 0 Å². The van der Waals surface area contributed by atoms with Crippen LogP contribution in [0.15, 0.2) is 12.1 Å². The number of ether oxygens (including phenoxy) is 2. The lowest BCUT2D eigenvalue weighted by Gasteiger charge is -2.35. The van der Waals surface area contributed by atoms with Crippen LogP contribution in [-0.4, -0.2) is 61.8 Å². The standard InChI is InChI=1S/C31H56N2O3/c1-4-5-6-7-8-9-10-11-12-13-14-15-16-17-18-19-22-32-23-25-33(26-24-32)27-28-20-21-29(35-2)31(36-3)30(28)34/h20-21,34H,4-19,22-27H2,1-3H3. The lowest BCUT2D eigenvalue weighted by atomic mass is 10.0. The zero-order valence-electron chi connectivity index (χ0n) is 23.9. The van der Waals surface area contributed by atoms with Crippen molar-refractivity contribution in [2.24, 2.45) is 0 Å². The van der Waals surface area contributed by atoms with Crippen molar-refractivity contribution < 1.29 is 14.6 Å². The van der Waals surface area contributed by atoms with E-state index in [1.807, 2.05) is 12.1 Å². The third-order valence-electron chi connectivity index (χ3n) is 7.79. The molecule has 1 aromatic carbocycles. The van der Waals surface area contributed by atoms with Crippen LogP contribution in [0.25, 0.3) is 0 Å². The highest BCUT2D eigenvalue weighted by molar-refractivity contribution is 5.54. The first-order valence-corrected chi connectivity index (χ1v) is 15.1. The van der Waals surface area contributed by atoms with Crippen molar-refractivity contribution in [1.82, 2.24) is 9.80 Å². The molecule has 0 atom stereocenters. The van der Waals surface area contributed by atoms with E-state index in [1.54, 1.807) is 14.2 Å². The molecule has 208 valence electrons. The molecular weight excluding hydrogens is 448 g/mol. The van der Waals surface area contributed by atoms with Gasteiger partial charge in [-0.2, -0.15) is 0 Å². The highest BCUT2D eigenvalue weighted by Crippen LogP contribution is 2.39. The number of rotatable bonds is 21. The summed E-state index contributed by atoms with van der Waals surface area (Å²) in [5.74, 6) is 1.20. The Hall–Kier alpha value is -1.46. The molecule has 36 heavy (non-hydrogen) atoms. The number of benzene rings is 1. The number of methoxy groups -OCH3 is 2. The second-order valence-electron chi connectivity index (χ2n) is 10.7. The SMILES string of the molecule is CCCCCCCCCCCCCCCCCCN1CCN(Cc2ccc(OC)c(OC)c2O)CC1. The van der Waals surface area contributed by atoms with Gasteiger partial charge in [0.1, 0.15) is 0 Å². The van der Waals surface area contributed by atoms with Crippen LogP contribution in [0, 0.1) is 0 Å². The Bertz CT molecular complexity index is 674. The number of hydrogen-bond donors (Lipinski definition) is 1. The summed E-state index contributed by atoms with van der Waals surface area (Å²) in [4.78, 5) is 5.03. The summed E-state index contributed by atoms with van der Waals surface area (Å²) in [6, 6.07) is 3.82. The minimum Gasteiger partial charge on any atom is -0.504 e. The number of piperazine rings is 1. The second-order valence-corrected chi connectivity index (χ2v) is 10.7. The van der Waals surface area contributed by atoms with Gasteiger partial charge in [0.15, 0.2) is 11.5 Å².